The van der Waals surface area contributed by atoms with Crippen LogP contribution in [-0.4, -0.2) is 184 Å². The lowest BCUT2D eigenvalue weighted by Gasteiger charge is -2.33. The molecule has 20 nitrogen and oxygen atoms in total. The minimum Gasteiger partial charge on any atom is -0.394 e. The van der Waals surface area contributed by atoms with Gasteiger partial charge in [-0.15, -0.1) is 0 Å². The number of nitrogens with zero attached hydrogens (tertiary/aromatic N) is 4. The summed E-state index contributed by atoms with van der Waals surface area (Å²) < 4.78 is 0. The van der Waals surface area contributed by atoms with Gasteiger partial charge in [-0.2, -0.15) is 0 Å². The van der Waals surface area contributed by atoms with Crippen LogP contribution in [0.25, 0.3) is 10.8 Å². The number of rotatable bonds is 27. The van der Waals surface area contributed by atoms with Crippen LogP contribution in [0.1, 0.15) is 46.6 Å². The van der Waals surface area contributed by atoms with Crippen molar-refractivity contribution in [1.82, 2.24) is 20.2 Å². The minimum absolute atomic E-state index is 0.0104. The highest BCUT2D eigenvalue weighted by Crippen LogP contribution is 2.21. The number of fused-ring (bicyclic) bond motifs is 1. The molecule has 1 heterocycles. The normalized spacial score (nSPS) is 16.9. The summed E-state index contributed by atoms with van der Waals surface area (Å²) in [7, 11) is 0. The Hall–Kier alpha value is -4.00. The van der Waals surface area contributed by atoms with Crippen LogP contribution in [0.5, 0.6) is 0 Å². The molecule has 3 rings (SSSR count). The lowest BCUT2D eigenvalue weighted by atomic mass is 9.98. The summed E-state index contributed by atoms with van der Waals surface area (Å²) in [6.07, 6.45) is -10.5. The summed E-state index contributed by atoms with van der Waals surface area (Å²) in [6, 6.07) is 11.1. The van der Waals surface area contributed by atoms with Gasteiger partial charge in [-0.25, -0.2) is 9.97 Å². The van der Waals surface area contributed by atoms with E-state index in [4.69, 9.17) is 39.0 Å². The van der Waals surface area contributed by atoms with Crippen molar-refractivity contribution in [3.05, 3.63) is 70.3 Å². The van der Waals surface area contributed by atoms with Crippen molar-refractivity contribution >= 4 is 40.0 Å². The SMILES string of the molecule is NC(=O)c1nc(Cl)cnc1C(N)=NCCCCc1ccc2cc(C[C@H](NCCCN(C[C@H](O)[C@@H](O)[C@H](O)[C@H](O)CO)C[C@H](O)[C@@H](O)[C@H](O)[C@H](O)CO)C(N)=O)ccc2c1. The average Bonchev–Trinajstić information content (AvgIpc) is 3.22. The molecule has 2 aromatic carbocycles. The van der Waals surface area contributed by atoms with E-state index in [0.29, 0.717) is 13.0 Å². The number of nitrogens with two attached hydrogens (primary N) is 3. The molecule has 0 spiro atoms. The summed E-state index contributed by atoms with van der Waals surface area (Å²) in [5.74, 6) is -1.38. The fourth-order valence-corrected chi connectivity index (χ4v) is 6.42. The third kappa shape index (κ3) is 15.2. The summed E-state index contributed by atoms with van der Waals surface area (Å²) in [4.78, 5) is 37.7. The first-order valence-electron chi connectivity index (χ1n) is 19.0. The van der Waals surface area contributed by atoms with E-state index in [9.17, 15) is 50.4 Å². The van der Waals surface area contributed by atoms with Crippen molar-refractivity contribution < 1.29 is 60.7 Å². The van der Waals surface area contributed by atoms with Gasteiger partial charge in [0.1, 0.15) is 53.3 Å². The van der Waals surface area contributed by atoms with E-state index >= 15 is 0 Å². The fraction of sp³-hybridized carbons (Fsp3) is 0.553. The summed E-state index contributed by atoms with van der Waals surface area (Å²) in [5, 5.41) is 105. The van der Waals surface area contributed by atoms with Gasteiger partial charge in [-0.05, 0) is 67.1 Å². The summed E-state index contributed by atoms with van der Waals surface area (Å²) in [5.41, 5.74) is 19.0. The zero-order valence-electron chi connectivity index (χ0n) is 32.4. The van der Waals surface area contributed by atoms with E-state index in [0.717, 1.165) is 34.7 Å². The maximum absolute atomic E-state index is 12.4. The number of hydrogen-bond acceptors (Lipinski definition) is 17. The number of amidine groups is 1. The van der Waals surface area contributed by atoms with Crippen LogP contribution in [0.3, 0.4) is 0 Å². The van der Waals surface area contributed by atoms with Crippen molar-refractivity contribution in [2.75, 3.05) is 45.9 Å². The van der Waals surface area contributed by atoms with Crippen LogP contribution >= 0.6 is 11.6 Å². The van der Waals surface area contributed by atoms with Crippen LogP contribution in [-0.2, 0) is 17.6 Å². The van der Waals surface area contributed by atoms with Crippen molar-refractivity contribution in [2.24, 2.45) is 22.2 Å². The number of carbonyl (C=O) groups is 2. The molecule has 0 aliphatic carbocycles. The number of benzene rings is 2. The van der Waals surface area contributed by atoms with Gasteiger partial charge in [0, 0.05) is 19.6 Å². The first-order valence-corrected chi connectivity index (χ1v) is 19.4. The van der Waals surface area contributed by atoms with Gasteiger partial charge >= 0.3 is 0 Å². The topological polar surface area (TPSA) is 368 Å². The van der Waals surface area contributed by atoms with Crippen LogP contribution in [0.4, 0.5) is 0 Å². The Kier molecular flexibility index (Phi) is 20.3. The summed E-state index contributed by atoms with van der Waals surface area (Å²) >= 11 is 5.81. The van der Waals surface area contributed by atoms with E-state index in [2.05, 4.69) is 26.3 Å². The minimum atomic E-state index is -1.91. The first-order chi connectivity index (χ1) is 28.0. The molecule has 0 fully saturated rings. The van der Waals surface area contributed by atoms with E-state index < -0.39 is 93.0 Å². The third-order valence-electron chi connectivity index (χ3n) is 9.71. The predicted molar refractivity (Wildman–Crippen MR) is 216 cm³/mol. The molecule has 59 heavy (non-hydrogen) atoms. The standard InChI is InChI=1S/C38H57ClN8O12/c39-29-15-45-30(31(46-29)38(42)59)36(40)44-9-2-1-4-20-5-7-23-13-21(6-8-22(23)12-20)14-24(37(41)58)43-10-3-11-47(16-25(50)32(54)34(56)27(52)18-48)17-26(51)33(55)35(57)28(53)19-49/h5-8,12-13,15,24-28,32-35,43,48-57H,1-4,9-11,14,16-19H2,(H2,40,44)(H2,41,58)(H2,42,59)/t24-,25-,26-,27+,28+,32+,33+,34+,35+/m0/s1. The zero-order valence-corrected chi connectivity index (χ0v) is 33.2. The molecule has 0 saturated heterocycles. The molecule has 21 heteroatoms. The van der Waals surface area contributed by atoms with Crippen LogP contribution in [0.15, 0.2) is 47.6 Å². The number of aryl methyl sites for hydroxylation is 1. The second-order valence-corrected chi connectivity index (χ2v) is 14.7. The molecule has 17 N–H and O–H groups in total. The number of aliphatic hydroxyl groups excluding tert-OH is 10. The number of carbonyl (C=O) groups excluding carboxylic acids is 2. The Bertz CT molecular complexity index is 1800. The molecule has 0 aliphatic heterocycles. The Morgan fingerprint density at radius 3 is 1.83 bits per heavy atom. The number of nitrogens with one attached hydrogen (secondary N) is 1. The Labute approximate surface area is 345 Å². The van der Waals surface area contributed by atoms with Crippen molar-refractivity contribution in [2.45, 2.75) is 87.0 Å². The lowest BCUT2D eigenvalue weighted by Crippen LogP contribution is -2.53. The first kappa shape index (κ1) is 49.4. The smallest absolute Gasteiger partial charge is 0.269 e. The van der Waals surface area contributed by atoms with Gasteiger partial charge in [0.15, 0.2) is 5.69 Å². The number of primary amides is 2. The Morgan fingerprint density at radius 1 is 0.746 bits per heavy atom. The highest BCUT2D eigenvalue weighted by molar-refractivity contribution is 6.29. The molecule has 0 aliphatic rings. The maximum atomic E-state index is 12.4. The molecule has 0 unspecified atom stereocenters. The molecule has 328 valence electrons. The molecular weight excluding hydrogens is 796 g/mol. The number of hydrogen-bond donors (Lipinski definition) is 14. The van der Waals surface area contributed by atoms with Gasteiger partial charge in [0.2, 0.25) is 5.91 Å². The maximum Gasteiger partial charge on any atom is 0.269 e. The average molecular weight is 853 g/mol. The molecule has 0 radical (unpaired) electrons. The van der Waals surface area contributed by atoms with Crippen molar-refractivity contribution in [3.63, 3.8) is 0 Å². The largest absolute Gasteiger partial charge is 0.394 e. The van der Waals surface area contributed by atoms with Crippen LogP contribution in [0.2, 0.25) is 5.15 Å². The molecule has 1 aromatic heterocycles. The second-order valence-electron chi connectivity index (χ2n) is 14.3. The summed E-state index contributed by atoms with van der Waals surface area (Å²) in [6.45, 7) is -1.94. The highest BCUT2D eigenvalue weighted by atomic mass is 35.5. The number of aliphatic hydroxyl groups is 10. The van der Waals surface area contributed by atoms with Gasteiger partial charge in [-0.1, -0.05) is 48.0 Å². The van der Waals surface area contributed by atoms with Gasteiger partial charge < -0.3 is 73.6 Å². The molecule has 3 aromatic rings. The number of aliphatic imine (C=N–C) groups is 1. The number of aromatic nitrogens is 2. The van der Waals surface area contributed by atoms with E-state index in [1.807, 2.05) is 30.3 Å². The molecule has 0 bridgehead atoms. The zero-order chi connectivity index (χ0) is 43.8. The third-order valence-corrected chi connectivity index (χ3v) is 9.89. The van der Waals surface area contributed by atoms with Gasteiger partial charge in [-0.3, -0.25) is 19.5 Å². The quantitative estimate of drug-likeness (QED) is 0.0196. The monoisotopic (exact) mass is 852 g/mol. The Balaban J connectivity index is 1.57. The molecule has 2 amide bonds. The van der Waals surface area contributed by atoms with E-state index in [1.54, 1.807) is 0 Å². The lowest BCUT2D eigenvalue weighted by molar-refractivity contribution is -0.130. The highest BCUT2D eigenvalue weighted by Gasteiger charge is 2.34. The number of unbranched alkanes of at least 4 members (excludes halogenated alkanes) is 1. The molecule has 0 saturated carbocycles. The Morgan fingerprint density at radius 2 is 1.29 bits per heavy atom. The van der Waals surface area contributed by atoms with Crippen molar-refractivity contribution in [1.29, 1.82) is 0 Å². The van der Waals surface area contributed by atoms with Crippen LogP contribution < -0.4 is 22.5 Å². The second kappa shape index (κ2) is 24.3. The molecule has 9 atom stereocenters. The number of amides is 2. The molecular formula is C38H57ClN8O12. The van der Waals surface area contributed by atoms with E-state index in [-0.39, 0.29) is 48.3 Å². The predicted octanol–water partition coefficient (Wildman–Crippen LogP) is -4.34. The van der Waals surface area contributed by atoms with E-state index in [1.165, 1.54) is 11.1 Å². The fourth-order valence-electron chi connectivity index (χ4n) is 6.29. The van der Waals surface area contributed by atoms with Crippen molar-refractivity contribution in [3.8, 4) is 0 Å². The van der Waals surface area contributed by atoms with Gasteiger partial charge in [0.25, 0.3) is 5.91 Å². The van der Waals surface area contributed by atoms with Crippen LogP contribution in [0, 0.1) is 0 Å². The van der Waals surface area contributed by atoms with Gasteiger partial charge in [0.05, 0.1) is 37.7 Å². The number of halogens is 1.